The van der Waals surface area contributed by atoms with Gasteiger partial charge in [-0.15, -0.1) is 0 Å². The van der Waals surface area contributed by atoms with Crippen LogP contribution < -0.4 is 5.32 Å². The van der Waals surface area contributed by atoms with E-state index in [1.54, 1.807) is 6.20 Å². The number of pyridine rings is 1. The van der Waals surface area contributed by atoms with Crippen molar-refractivity contribution in [3.05, 3.63) is 30.1 Å². The minimum absolute atomic E-state index is 0.253. The normalized spacial score (nSPS) is 20.3. The van der Waals surface area contributed by atoms with E-state index in [9.17, 15) is 4.79 Å². The highest BCUT2D eigenvalue weighted by Crippen LogP contribution is 2.08. The van der Waals surface area contributed by atoms with E-state index >= 15 is 0 Å². The smallest absolute Gasteiger partial charge is 0.223 e. The van der Waals surface area contributed by atoms with Crippen LogP contribution in [0.4, 0.5) is 0 Å². The Kier molecular flexibility index (Phi) is 4.09. The summed E-state index contributed by atoms with van der Waals surface area (Å²) in [5.74, 6) is 0.253. The molecule has 1 atom stereocenters. The molecule has 1 aromatic rings. The Hall–Kier alpha value is -1.42. The summed E-state index contributed by atoms with van der Waals surface area (Å²) >= 11 is 0. The molecular weight excluding hydrogens is 214 g/mol. The fraction of sp³-hybridized carbons (Fsp3) is 0.538. The van der Waals surface area contributed by atoms with E-state index in [2.05, 4.69) is 17.2 Å². The summed E-state index contributed by atoms with van der Waals surface area (Å²) in [7, 11) is 0. The van der Waals surface area contributed by atoms with Gasteiger partial charge in [0.25, 0.3) is 0 Å². The van der Waals surface area contributed by atoms with Gasteiger partial charge < -0.3 is 10.2 Å². The van der Waals surface area contributed by atoms with Crippen molar-refractivity contribution in [2.45, 2.75) is 25.8 Å². The highest BCUT2D eigenvalue weighted by Gasteiger charge is 2.22. The summed E-state index contributed by atoms with van der Waals surface area (Å²) < 4.78 is 0. The molecule has 2 heterocycles. The molecule has 0 saturated carbocycles. The quantitative estimate of drug-likeness (QED) is 0.841. The third-order valence-electron chi connectivity index (χ3n) is 3.17. The zero-order valence-corrected chi connectivity index (χ0v) is 10.2. The summed E-state index contributed by atoms with van der Waals surface area (Å²) in [6, 6.07) is 4.24. The summed E-state index contributed by atoms with van der Waals surface area (Å²) in [4.78, 5) is 18.1. The molecule has 92 valence electrons. The van der Waals surface area contributed by atoms with E-state index < -0.39 is 0 Å². The van der Waals surface area contributed by atoms with Crippen molar-refractivity contribution in [1.29, 1.82) is 0 Å². The van der Waals surface area contributed by atoms with Gasteiger partial charge in [0, 0.05) is 44.5 Å². The van der Waals surface area contributed by atoms with Gasteiger partial charge in [-0.1, -0.05) is 6.07 Å². The molecule has 1 saturated heterocycles. The molecule has 4 heteroatoms. The average molecular weight is 233 g/mol. The third-order valence-corrected chi connectivity index (χ3v) is 3.17. The highest BCUT2D eigenvalue weighted by atomic mass is 16.2. The first kappa shape index (κ1) is 12.0. The molecule has 0 aliphatic carbocycles. The molecule has 4 nitrogen and oxygen atoms in total. The molecule has 0 bridgehead atoms. The standard InChI is InChI=1S/C13H19N3O/c1-11-9-15-7-8-16(11)13(17)5-4-12-3-2-6-14-10-12/h2-3,6,10-11,15H,4-5,7-9H2,1H3/t11-/m0/s1. The zero-order valence-electron chi connectivity index (χ0n) is 10.2. The largest absolute Gasteiger partial charge is 0.337 e. The van der Waals surface area contributed by atoms with Crippen LogP contribution in [-0.4, -0.2) is 41.5 Å². The van der Waals surface area contributed by atoms with E-state index in [-0.39, 0.29) is 5.91 Å². The van der Waals surface area contributed by atoms with Crippen LogP contribution in [0.15, 0.2) is 24.5 Å². The van der Waals surface area contributed by atoms with Gasteiger partial charge in [0.1, 0.15) is 0 Å². The number of nitrogens with zero attached hydrogens (tertiary/aromatic N) is 2. The predicted molar refractivity (Wildman–Crippen MR) is 66.6 cm³/mol. The van der Waals surface area contributed by atoms with Gasteiger partial charge in [0.2, 0.25) is 5.91 Å². The number of hydrogen-bond donors (Lipinski definition) is 1. The fourth-order valence-electron chi connectivity index (χ4n) is 2.15. The summed E-state index contributed by atoms with van der Waals surface area (Å²) in [5.41, 5.74) is 1.13. The molecule has 0 radical (unpaired) electrons. The second-order valence-corrected chi connectivity index (χ2v) is 4.50. The van der Waals surface area contributed by atoms with Crippen molar-refractivity contribution < 1.29 is 4.79 Å². The van der Waals surface area contributed by atoms with Crippen LogP contribution in [-0.2, 0) is 11.2 Å². The Balaban J connectivity index is 1.84. The average Bonchev–Trinajstić information content (AvgIpc) is 2.38. The van der Waals surface area contributed by atoms with Crippen molar-refractivity contribution in [3.63, 3.8) is 0 Å². The van der Waals surface area contributed by atoms with E-state index in [1.807, 2.05) is 23.2 Å². The highest BCUT2D eigenvalue weighted by molar-refractivity contribution is 5.76. The zero-order chi connectivity index (χ0) is 12.1. The van der Waals surface area contributed by atoms with E-state index in [1.165, 1.54) is 0 Å². The molecule has 1 aliphatic heterocycles. The molecule has 2 rings (SSSR count). The van der Waals surface area contributed by atoms with Gasteiger partial charge in [0.05, 0.1) is 0 Å². The van der Waals surface area contributed by atoms with Gasteiger partial charge in [-0.25, -0.2) is 0 Å². The number of aryl methyl sites for hydroxylation is 1. The Bertz CT molecular complexity index is 366. The number of amides is 1. The number of piperazine rings is 1. The Morgan fingerprint density at radius 3 is 3.24 bits per heavy atom. The molecule has 0 unspecified atom stereocenters. The molecule has 1 aliphatic rings. The number of carbonyl (C=O) groups is 1. The second-order valence-electron chi connectivity index (χ2n) is 4.50. The van der Waals surface area contributed by atoms with Gasteiger partial charge in [-0.2, -0.15) is 0 Å². The number of rotatable bonds is 3. The lowest BCUT2D eigenvalue weighted by Gasteiger charge is -2.34. The number of hydrogen-bond acceptors (Lipinski definition) is 3. The molecular formula is C13H19N3O. The van der Waals surface area contributed by atoms with Crippen molar-refractivity contribution >= 4 is 5.91 Å². The minimum Gasteiger partial charge on any atom is -0.337 e. The van der Waals surface area contributed by atoms with Crippen molar-refractivity contribution in [1.82, 2.24) is 15.2 Å². The van der Waals surface area contributed by atoms with Crippen LogP contribution in [0.5, 0.6) is 0 Å². The van der Waals surface area contributed by atoms with Crippen LogP contribution >= 0.6 is 0 Å². The summed E-state index contributed by atoms with van der Waals surface area (Å²) in [5, 5.41) is 3.29. The third kappa shape index (κ3) is 3.27. The van der Waals surface area contributed by atoms with Crippen molar-refractivity contribution in [2.24, 2.45) is 0 Å². The lowest BCUT2D eigenvalue weighted by atomic mass is 10.1. The van der Waals surface area contributed by atoms with E-state index in [4.69, 9.17) is 0 Å². The fourth-order valence-corrected chi connectivity index (χ4v) is 2.15. The predicted octanol–water partition coefficient (Wildman–Crippen LogP) is 0.834. The molecule has 1 fully saturated rings. The minimum atomic E-state index is 0.253. The van der Waals surface area contributed by atoms with Crippen LogP contribution in [0.1, 0.15) is 18.9 Å². The first-order chi connectivity index (χ1) is 8.27. The first-order valence-corrected chi connectivity index (χ1v) is 6.16. The van der Waals surface area contributed by atoms with Crippen molar-refractivity contribution in [3.8, 4) is 0 Å². The van der Waals surface area contributed by atoms with E-state index in [0.29, 0.717) is 12.5 Å². The summed E-state index contributed by atoms with van der Waals surface area (Å²) in [6.45, 7) is 4.72. The molecule has 0 spiro atoms. The Morgan fingerprint density at radius 2 is 2.53 bits per heavy atom. The number of aromatic nitrogens is 1. The lowest BCUT2D eigenvalue weighted by Crippen LogP contribution is -2.52. The molecule has 0 aromatic carbocycles. The lowest BCUT2D eigenvalue weighted by molar-refractivity contribution is -0.133. The molecule has 17 heavy (non-hydrogen) atoms. The Labute approximate surface area is 102 Å². The van der Waals surface area contributed by atoms with Crippen molar-refractivity contribution in [2.75, 3.05) is 19.6 Å². The maximum Gasteiger partial charge on any atom is 0.223 e. The van der Waals surface area contributed by atoms with Crippen LogP contribution in [0.3, 0.4) is 0 Å². The number of carbonyl (C=O) groups excluding carboxylic acids is 1. The Morgan fingerprint density at radius 1 is 1.65 bits per heavy atom. The van der Waals surface area contributed by atoms with Crippen LogP contribution in [0.2, 0.25) is 0 Å². The van der Waals surface area contributed by atoms with Gasteiger partial charge in [0.15, 0.2) is 0 Å². The first-order valence-electron chi connectivity index (χ1n) is 6.16. The van der Waals surface area contributed by atoms with Gasteiger partial charge in [-0.3, -0.25) is 9.78 Å². The van der Waals surface area contributed by atoms with E-state index in [0.717, 1.165) is 31.6 Å². The topological polar surface area (TPSA) is 45.2 Å². The number of nitrogens with one attached hydrogen (secondary N) is 1. The second kappa shape index (κ2) is 5.77. The maximum absolute atomic E-state index is 12.1. The molecule has 1 amide bonds. The summed E-state index contributed by atoms with van der Waals surface area (Å²) in [6.07, 6.45) is 4.94. The molecule has 1 aromatic heterocycles. The van der Waals surface area contributed by atoms with Gasteiger partial charge in [-0.05, 0) is 25.0 Å². The van der Waals surface area contributed by atoms with Crippen LogP contribution in [0.25, 0.3) is 0 Å². The maximum atomic E-state index is 12.1. The molecule has 1 N–H and O–H groups in total. The monoisotopic (exact) mass is 233 g/mol. The van der Waals surface area contributed by atoms with Crippen LogP contribution in [0, 0.1) is 0 Å². The SMILES string of the molecule is C[C@H]1CNCCN1C(=O)CCc1cccnc1. The van der Waals surface area contributed by atoms with Gasteiger partial charge >= 0.3 is 0 Å².